The molecule has 1 fully saturated rings. The van der Waals surface area contributed by atoms with E-state index in [0.717, 1.165) is 13.0 Å². The minimum atomic E-state index is -0.717. The van der Waals surface area contributed by atoms with Crippen LogP contribution in [0.2, 0.25) is 0 Å². The maximum atomic E-state index is 10.1. The molecule has 52 valence electrons. The SMILES string of the molecule is O=C(O)CC1CCOC1. The fourth-order valence-corrected chi connectivity index (χ4v) is 0.991. The lowest BCUT2D eigenvalue weighted by molar-refractivity contribution is -0.138. The summed E-state index contributed by atoms with van der Waals surface area (Å²) < 4.78 is 4.99. The smallest absolute Gasteiger partial charge is 0.303 e. The van der Waals surface area contributed by atoms with E-state index in [1.165, 1.54) is 0 Å². The number of rotatable bonds is 2. The molecular formula is C6H10O3. The molecule has 1 aliphatic heterocycles. The Hall–Kier alpha value is -0.570. The van der Waals surface area contributed by atoms with Crippen LogP contribution in [0.1, 0.15) is 12.8 Å². The van der Waals surface area contributed by atoms with E-state index in [9.17, 15) is 4.79 Å². The Morgan fingerprint density at radius 1 is 1.78 bits per heavy atom. The summed E-state index contributed by atoms with van der Waals surface area (Å²) in [5.41, 5.74) is 0. The zero-order valence-electron chi connectivity index (χ0n) is 5.17. The van der Waals surface area contributed by atoms with Crippen molar-refractivity contribution in [2.45, 2.75) is 12.8 Å². The van der Waals surface area contributed by atoms with Crippen molar-refractivity contribution in [1.82, 2.24) is 0 Å². The summed E-state index contributed by atoms with van der Waals surface area (Å²) >= 11 is 0. The van der Waals surface area contributed by atoms with Crippen LogP contribution in [0.5, 0.6) is 0 Å². The summed E-state index contributed by atoms with van der Waals surface area (Å²) in [6.45, 7) is 1.37. The molecule has 1 aliphatic rings. The van der Waals surface area contributed by atoms with E-state index in [1.807, 2.05) is 0 Å². The second-order valence-electron chi connectivity index (χ2n) is 2.33. The lowest BCUT2D eigenvalue weighted by atomic mass is 10.1. The Bertz CT molecular complexity index is 105. The first kappa shape index (κ1) is 6.55. The topological polar surface area (TPSA) is 46.5 Å². The maximum absolute atomic E-state index is 10.1. The van der Waals surface area contributed by atoms with Gasteiger partial charge in [-0.05, 0) is 12.3 Å². The summed E-state index contributed by atoms with van der Waals surface area (Å²) in [5, 5.41) is 8.32. The zero-order valence-corrected chi connectivity index (χ0v) is 5.17. The normalized spacial score (nSPS) is 26.4. The number of hydrogen-bond acceptors (Lipinski definition) is 2. The third kappa shape index (κ3) is 2.01. The minimum Gasteiger partial charge on any atom is -0.481 e. The molecule has 0 aliphatic carbocycles. The molecule has 9 heavy (non-hydrogen) atoms. The Kier molecular flexibility index (Phi) is 2.05. The largest absolute Gasteiger partial charge is 0.481 e. The highest BCUT2D eigenvalue weighted by molar-refractivity contribution is 5.67. The van der Waals surface area contributed by atoms with Crippen LogP contribution in [0.4, 0.5) is 0 Å². The van der Waals surface area contributed by atoms with Gasteiger partial charge in [0.1, 0.15) is 0 Å². The van der Waals surface area contributed by atoms with Gasteiger partial charge < -0.3 is 9.84 Å². The highest BCUT2D eigenvalue weighted by atomic mass is 16.5. The van der Waals surface area contributed by atoms with Crippen LogP contribution < -0.4 is 0 Å². The third-order valence-electron chi connectivity index (χ3n) is 1.49. The van der Waals surface area contributed by atoms with Crippen LogP contribution in [0.3, 0.4) is 0 Å². The number of carbonyl (C=O) groups is 1. The fourth-order valence-electron chi connectivity index (χ4n) is 0.991. The summed E-state index contributed by atoms with van der Waals surface area (Å²) in [6.07, 6.45) is 1.17. The standard InChI is InChI=1S/C6H10O3/c7-6(8)3-5-1-2-9-4-5/h5H,1-4H2,(H,7,8). The fraction of sp³-hybridized carbons (Fsp3) is 0.833. The molecule has 3 nitrogen and oxygen atoms in total. The number of carboxylic acid groups (broad SMARTS) is 1. The molecule has 1 atom stereocenters. The Morgan fingerprint density at radius 2 is 2.56 bits per heavy atom. The quantitative estimate of drug-likeness (QED) is 0.592. The summed E-state index contributed by atoms with van der Waals surface area (Å²) in [7, 11) is 0. The molecule has 0 saturated carbocycles. The highest BCUT2D eigenvalue weighted by Crippen LogP contribution is 2.15. The third-order valence-corrected chi connectivity index (χ3v) is 1.49. The summed E-state index contributed by atoms with van der Waals surface area (Å²) in [5.74, 6) is -0.451. The van der Waals surface area contributed by atoms with Crippen molar-refractivity contribution in [1.29, 1.82) is 0 Å². The van der Waals surface area contributed by atoms with Crippen LogP contribution in [0, 0.1) is 5.92 Å². The molecule has 0 aromatic heterocycles. The van der Waals surface area contributed by atoms with E-state index in [0.29, 0.717) is 6.61 Å². The van der Waals surface area contributed by atoms with Crippen molar-refractivity contribution >= 4 is 5.97 Å². The van der Waals surface area contributed by atoms with Gasteiger partial charge in [0.2, 0.25) is 0 Å². The average Bonchev–Trinajstić information content (AvgIpc) is 2.15. The van der Waals surface area contributed by atoms with Crippen LogP contribution in [-0.2, 0) is 9.53 Å². The molecule has 0 aromatic rings. The van der Waals surface area contributed by atoms with E-state index < -0.39 is 5.97 Å². The van der Waals surface area contributed by atoms with Crippen molar-refractivity contribution in [3.63, 3.8) is 0 Å². The average molecular weight is 130 g/mol. The van der Waals surface area contributed by atoms with Gasteiger partial charge in [0, 0.05) is 6.61 Å². The molecule has 1 saturated heterocycles. The van der Waals surface area contributed by atoms with Crippen molar-refractivity contribution in [3.8, 4) is 0 Å². The summed E-state index contributed by atoms with van der Waals surface area (Å²) in [4.78, 5) is 10.1. The Labute approximate surface area is 53.6 Å². The number of ether oxygens (including phenoxy) is 1. The molecule has 0 amide bonds. The van der Waals surface area contributed by atoms with E-state index in [4.69, 9.17) is 9.84 Å². The molecule has 3 heteroatoms. The molecule has 1 rings (SSSR count). The van der Waals surface area contributed by atoms with Gasteiger partial charge in [0.15, 0.2) is 0 Å². The van der Waals surface area contributed by atoms with Crippen molar-refractivity contribution < 1.29 is 14.6 Å². The van der Waals surface area contributed by atoms with Crippen LogP contribution >= 0.6 is 0 Å². The second kappa shape index (κ2) is 2.82. The molecule has 1 heterocycles. The number of hydrogen-bond donors (Lipinski definition) is 1. The molecule has 0 spiro atoms. The molecule has 1 unspecified atom stereocenters. The van der Waals surface area contributed by atoms with Gasteiger partial charge in [0.25, 0.3) is 0 Å². The van der Waals surface area contributed by atoms with E-state index in [-0.39, 0.29) is 12.3 Å². The predicted molar refractivity (Wildman–Crippen MR) is 31.2 cm³/mol. The highest BCUT2D eigenvalue weighted by Gasteiger charge is 2.17. The van der Waals surface area contributed by atoms with Crippen molar-refractivity contribution in [3.05, 3.63) is 0 Å². The van der Waals surface area contributed by atoms with Gasteiger partial charge >= 0.3 is 5.97 Å². The number of aliphatic carboxylic acids is 1. The van der Waals surface area contributed by atoms with E-state index in [2.05, 4.69) is 0 Å². The van der Waals surface area contributed by atoms with Crippen LogP contribution in [0.15, 0.2) is 0 Å². The van der Waals surface area contributed by atoms with Crippen LogP contribution in [0.25, 0.3) is 0 Å². The minimum absolute atomic E-state index is 0.264. The predicted octanol–water partition coefficient (Wildman–Crippen LogP) is 0.498. The molecule has 0 bridgehead atoms. The second-order valence-corrected chi connectivity index (χ2v) is 2.33. The monoisotopic (exact) mass is 130 g/mol. The van der Waals surface area contributed by atoms with Crippen molar-refractivity contribution in [2.75, 3.05) is 13.2 Å². The Balaban J connectivity index is 2.19. The number of carboxylic acids is 1. The molecule has 1 N–H and O–H groups in total. The van der Waals surface area contributed by atoms with Crippen LogP contribution in [-0.4, -0.2) is 24.3 Å². The molecular weight excluding hydrogens is 120 g/mol. The van der Waals surface area contributed by atoms with Gasteiger partial charge in [0.05, 0.1) is 13.0 Å². The molecule has 0 aromatic carbocycles. The first-order chi connectivity index (χ1) is 4.29. The van der Waals surface area contributed by atoms with Gasteiger partial charge in [-0.1, -0.05) is 0 Å². The first-order valence-corrected chi connectivity index (χ1v) is 3.08. The first-order valence-electron chi connectivity index (χ1n) is 3.08. The van der Waals surface area contributed by atoms with Crippen molar-refractivity contribution in [2.24, 2.45) is 5.92 Å². The van der Waals surface area contributed by atoms with Gasteiger partial charge in [-0.2, -0.15) is 0 Å². The lowest BCUT2D eigenvalue weighted by Gasteiger charge is -1.99. The maximum Gasteiger partial charge on any atom is 0.303 e. The lowest BCUT2D eigenvalue weighted by Crippen LogP contribution is -2.06. The van der Waals surface area contributed by atoms with Gasteiger partial charge in [-0.3, -0.25) is 4.79 Å². The van der Waals surface area contributed by atoms with Gasteiger partial charge in [-0.25, -0.2) is 0 Å². The van der Waals surface area contributed by atoms with Gasteiger partial charge in [-0.15, -0.1) is 0 Å². The molecule has 0 radical (unpaired) electrons. The van der Waals surface area contributed by atoms with E-state index in [1.54, 1.807) is 0 Å². The summed E-state index contributed by atoms with van der Waals surface area (Å²) in [6, 6.07) is 0. The van der Waals surface area contributed by atoms with E-state index >= 15 is 0 Å². The zero-order chi connectivity index (χ0) is 6.69. The Morgan fingerprint density at radius 3 is 3.00 bits per heavy atom.